The molecule has 2 aromatic heterocycles. The van der Waals surface area contributed by atoms with Gasteiger partial charge in [0.15, 0.2) is 0 Å². The summed E-state index contributed by atoms with van der Waals surface area (Å²) < 4.78 is 1.41. The first-order valence-electron chi connectivity index (χ1n) is 8.37. The summed E-state index contributed by atoms with van der Waals surface area (Å²) in [6.07, 6.45) is 1.65. The molecule has 2 aliphatic rings. The number of aryl methyl sites for hydroxylation is 2. The van der Waals surface area contributed by atoms with Crippen LogP contribution in [-0.2, 0) is 13.6 Å². The third-order valence-electron chi connectivity index (χ3n) is 5.08. The van der Waals surface area contributed by atoms with Crippen LogP contribution in [0.1, 0.15) is 11.4 Å². The van der Waals surface area contributed by atoms with E-state index in [0.717, 1.165) is 49.9 Å². The lowest BCUT2D eigenvalue weighted by molar-refractivity contribution is 0.302. The zero-order valence-corrected chi connectivity index (χ0v) is 14.1. The Labute approximate surface area is 140 Å². The van der Waals surface area contributed by atoms with Crippen molar-refractivity contribution < 1.29 is 0 Å². The molecule has 2 saturated heterocycles. The number of fused-ring (bicyclic) bond motifs is 1. The van der Waals surface area contributed by atoms with Crippen LogP contribution in [0.2, 0.25) is 0 Å². The van der Waals surface area contributed by atoms with E-state index in [0.29, 0.717) is 11.8 Å². The van der Waals surface area contributed by atoms with E-state index in [1.54, 1.807) is 19.4 Å². The summed E-state index contributed by atoms with van der Waals surface area (Å²) in [4.78, 5) is 24.9. The van der Waals surface area contributed by atoms with Crippen LogP contribution in [0.5, 0.6) is 0 Å². The van der Waals surface area contributed by atoms with Crippen molar-refractivity contribution in [3.05, 3.63) is 46.3 Å². The summed E-state index contributed by atoms with van der Waals surface area (Å²) in [6.45, 7) is 7.08. The summed E-state index contributed by atoms with van der Waals surface area (Å²) in [7, 11) is 1.70. The Morgan fingerprint density at radius 3 is 2.54 bits per heavy atom. The van der Waals surface area contributed by atoms with E-state index >= 15 is 0 Å². The van der Waals surface area contributed by atoms with Crippen LogP contribution in [0.15, 0.2) is 29.3 Å². The van der Waals surface area contributed by atoms with Crippen molar-refractivity contribution in [1.82, 2.24) is 24.6 Å². The fraction of sp³-hybridized carbons (Fsp3) is 0.529. The summed E-state index contributed by atoms with van der Waals surface area (Å²) in [6, 6.07) is 5.50. The van der Waals surface area contributed by atoms with Gasteiger partial charge in [-0.3, -0.25) is 9.69 Å². The molecular formula is C17H22N6O. The van der Waals surface area contributed by atoms with E-state index < -0.39 is 0 Å². The quantitative estimate of drug-likeness (QED) is 0.816. The third kappa shape index (κ3) is 2.91. The molecule has 0 aliphatic carbocycles. The van der Waals surface area contributed by atoms with Crippen molar-refractivity contribution in [2.45, 2.75) is 13.5 Å². The third-order valence-corrected chi connectivity index (χ3v) is 5.08. The fourth-order valence-electron chi connectivity index (χ4n) is 3.88. The number of hydrogen-bond donors (Lipinski definition) is 0. The van der Waals surface area contributed by atoms with Crippen LogP contribution in [0.25, 0.3) is 0 Å². The molecule has 0 radical (unpaired) electrons. The largest absolute Gasteiger partial charge is 0.356 e. The van der Waals surface area contributed by atoms with Crippen molar-refractivity contribution in [1.29, 1.82) is 0 Å². The van der Waals surface area contributed by atoms with Crippen molar-refractivity contribution in [3.63, 3.8) is 0 Å². The van der Waals surface area contributed by atoms with Crippen molar-refractivity contribution >= 4 is 5.82 Å². The van der Waals surface area contributed by atoms with Crippen LogP contribution < -0.4 is 10.5 Å². The molecule has 2 aromatic rings. The molecular weight excluding hydrogens is 304 g/mol. The first-order valence-corrected chi connectivity index (χ1v) is 8.37. The lowest BCUT2D eigenvalue weighted by Gasteiger charge is -2.22. The maximum Gasteiger partial charge on any atom is 0.266 e. The normalized spacial score (nSPS) is 23.7. The lowest BCUT2D eigenvalue weighted by Crippen LogP contribution is -2.30. The summed E-state index contributed by atoms with van der Waals surface area (Å²) >= 11 is 0. The van der Waals surface area contributed by atoms with Gasteiger partial charge in [0.05, 0.1) is 5.69 Å². The van der Waals surface area contributed by atoms with Gasteiger partial charge in [-0.1, -0.05) is 0 Å². The standard InChI is InChI=1S/C17H22N6O/c1-12-5-16(19-11-18-12)23-8-13-6-22(7-14(13)9-23)10-15-3-4-17(24)21(2)20-15/h3-5,11,13-14H,6-10H2,1-2H3. The molecule has 0 saturated carbocycles. The van der Waals surface area contributed by atoms with Crippen molar-refractivity contribution in [2.24, 2.45) is 18.9 Å². The molecule has 2 aliphatic heterocycles. The topological polar surface area (TPSA) is 67.2 Å². The molecule has 4 rings (SSSR count). The van der Waals surface area contributed by atoms with E-state index in [1.165, 1.54) is 4.68 Å². The first-order chi connectivity index (χ1) is 11.6. The van der Waals surface area contributed by atoms with Gasteiger partial charge in [0.25, 0.3) is 5.56 Å². The van der Waals surface area contributed by atoms with Gasteiger partial charge < -0.3 is 4.90 Å². The number of nitrogens with zero attached hydrogens (tertiary/aromatic N) is 6. The van der Waals surface area contributed by atoms with E-state index in [9.17, 15) is 4.79 Å². The highest BCUT2D eigenvalue weighted by Gasteiger charge is 2.40. The number of aromatic nitrogens is 4. The van der Waals surface area contributed by atoms with Gasteiger partial charge in [-0.2, -0.15) is 5.10 Å². The Morgan fingerprint density at radius 1 is 1.12 bits per heavy atom. The van der Waals surface area contributed by atoms with Crippen molar-refractivity contribution in [3.8, 4) is 0 Å². The van der Waals surface area contributed by atoms with Crippen LogP contribution in [0.3, 0.4) is 0 Å². The zero-order valence-electron chi connectivity index (χ0n) is 14.1. The molecule has 7 heteroatoms. The predicted octanol–water partition coefficient (Wildman–Crippen LogP) is 0.447. The lowest BCUT2D eigenvalue weighted by atomic mass is 10.0. The first kappa shape index (κ1) is 15.3. The van der Waals surface area contributed by atoms with E-state index in [4.69, 9.17) is 0 Å². The van der Waals surface area contributed by atoms with Gasteiger partial charge in [-0.25, -0.2) is 14.6 Å². The Kier molecular flexibility index (Phi) is 3.80. The van der Waals surface area contributed by atoms with Gasteiger partial charge in [-0.05, 0) is 24.8 Å². The van der Waals surface area contributed by atoms with Crippen LogP contribution >= 0.6 is 0 Å². The van der Waals surface area contributed by atoms with E-state index in [1.807, 2.05) is 13.0 Å². The number of likely N-dealkylation sites (tertiary alicyclic amines) is 1. The van der Waals surface area contributed by atoms with E-state index in [-0.39, 0.29) is 5.56 Å². The Balaban J connectivity index is 1.39. The highest BCUT2D eigenvalue weighted by molar-refractivity contribution is 5.40. The SMILES string of the molecule is Cc1cc(N2CC3CN(Cc4ccc(=O)n(C)n4)CC3C2)ncn1. The molecule has 4 heterocycles. The minimum absolute atomic E-state index is 0.0622. The van der Waals surface area contributed by atoms with Gasteiger partial charge in [0, 0.05) is 57.6 Å². The zero-order chi connectivity index (χ0) is 16.7. The van der Waals surface area contributed by atoms with Gasteiger partial charge in [0.1, 0.15) is 12.1 Å². The average molecular weight is 326 g/mol. The van der Waals surface area contributed by atoms with Crippen molar-refractivity contribution in [2.75, 3.05) is 31.1 Å². The smallest absolute Gasteiger partial charge is 0.266 e. The molecule has 24 heavy (non-hydrogen) atoms. The predicted molar refractivity (Wildman–Crippen MR) is 90.7 cm³/mol. The molecule has 2 unspecified atom stereocenters. The van der Waals surface area contributed by atoms with Crippen LogP contribution in [0.4, 0.5) is 5.82 Å². The minimum atomic E-state index is -0.0622. The average Bonchev–Trinajstić information content (AvgIpc) is 3.09. The highest BCUT2D eigenvalue weighted by atomic mass is 16.1. The van der Waals surface area contributed by atoms with Crippen LogP contribution in [0, 0.1) is 18.8 Å². The monoisotopic (exact) mass is 326 g/mol. The molecule has 0 spiro atoms. The maximum absolute atomic E-state index is 11.4. The molecule has 0 aromatic carbocycles. The number of anilines is 1. The van der Waals surface area contributed by atoms with Gasteiger partial charge in [0.2, 0.25) is 0 Å². The Morgan fingerprint density at radius 2 is 1.88 bits per heavy atom. The molecule has 0 amide bonds. The number of hydrogen-bond acceptors (Lipinski definition) is 6. The molecule has 2 atom stereocenters. The molecule has 0 N–H and O–H groups in total. The second-order valence-corrected chi connectivity index (χ2v) is 6.92. The molecule has 126 valence electrons. The van der Waals surface area contributed by atoms with Crippen LogP contribution in [-0.4, -0.2) is 50.8 Å². The van der Waals surface area contributed by atoms with Gasteiger partial charge in [-0.15, -0.1) is 0 Å². The Bertz CT molecular complexity index is 790. The Hall–Kier alpha value is -2.28. The van der Waals surface area contributed by atoms with E-state index in [2.05, 4.69) is 30.9 Å². The fourth-order valence-corrected chi connectivity index (χ4v) is 3.88. The second kappa shape index (κ2) is 5.98. The summed E-state index contributed by atoms with van der Waals surface area (Å²) in [5.41, 5.74) is 1.91. The highest BCUT2D eigenvalue weighted by Crippen LogP contribution is 2.33. The second-order valence-electron chi connectivity index (χ2n) is 6.92. The summed E-state index contributed by atoms with van der Waals surface area (Å²) in [5.74, 6) is 2.39. The summed E-state index contributed by atoms with van der Waals surface area (Å²) in [5, 5.41) is 4.34. The molecule has 2 fully saturated rings. The molecule has 7 nitrogen and oxygen atoms in total. The minimum Gasteiger partial charge on any atom is -0.356 e. The maximum atomic E-state index is 11.4. The molecule has 0 bridgehead atoms. The number of rotatable bonds is 3. The van der Waals surface area contributed by atoms with Gasteiger partial charge >= 0.3 is 0 Å².